The number of anilines is 1. The lowest BCUT2D eigenvalue weighted by Gasteiger charge is -2.01. The predicted molar refractivity (Wildman–Crippen MR) is 51.8 cm³/mol. The zero-order valence-corrected chi connectivity index (χ0v) is 8.12. The molecule has 6 heteroatoms. The summed E-state index contributed by atoms with van der Waals surface area (Å²) in [4.78, 5) is 3.91. The highest BCUT2D eigenvalue weighted by atomic mass is 32.1. The highest BCUT2D eigenvalue weighted by Crippen LogP contribution is 2.32. The Labute approximate surface area is 87.2 Å². The third kappa shape index (κ3) is 1.80. The van der Waals surface area contributed by atoms with E-state index in [4.69, 9.17) is 5.73 Å². The molecule has 0 amide bonds. The zero-order chi connectivity index (χ0) is 11.0. The van der Waals surface area contributed by atoms with Crippen LogP contribution < -0.4 is 5.73 Å². The molecule has 0 aliphatic carbocycles. The van der Waals surface area contributed by atoms with E-state index in [9.17, 15) is 13.2 Å². The lowest BCUT2D eigenvalue weighted by atomic mass is 10.1. The number of nitrogens with two attached hydrogens (primary N) is 1. The first-order valence-corrected chi connectivity index (χ1v) is 4.76. The molecule has 1 aromatic heterocycles. The summed E-state index contributed by atoms with van der Waals surface area (Å²) >= 11 is 0.939. The highest BCUT2D eigenvalue weighted by Gasteiger charge is 2.15. The minimum atomic E-state index is -0.962. The van der Waals surface area contributed by atoms with Crippen LogP contribution in [0.5, 0.6) is 0 Å². The molecule has 0 atom stereocenters. The molecule has 2 aromatic rings. The van der Waals surface area contributed by atoms with E-state index in [0.717, 1.165) is 11.3 Å². The average molecular weight is 230 g/mol. The summed E-state index contributed by atoms with van der Waals surface area (Å²) in [5.41, 5.74) is 5.03. The van der Waals surface area contributed by atoms with Crippen molar-refractivity contribution in [1.29, 1.82) is 0 Å². The third-order valence-electron chi connectivity index (χ3n) is 1.78. The van der Waals surface area contributed by atoms with E-state index in [2.05, 4.69) is 4.98 Å². The number of halogens is 3. The number of benzene rings is 1. The van der Waals surface area contributed by atoms with Gasteiger partial charge in [0.1, 0.15) is 17.5 Å². The van der Waals surface area contributed by atoms with Gasteiger partial charge in [0.2, 0.25) is 0 Å². The van der Waals surface area contributed by atoms with Gasteiger partial charge in [-0.25, -0.2) is 18.2 Å². The molecular formula is C9H5F3N2S. The van der Waals surface area contributed by atoms with Crippen LogP contribution in [0.25, 0.3) is 10.4 Å². The van der Waals surface area contributed by atoms with Gasteiger partial charge in [-0.15, -0.1) is 0 Å². The quantitative estimate of drug-likeness (QED) is 0.818. The first-order valence-electron chi connectivity index (χ1n) is 3.94. The van der Waals surface area contributed by atoms with Gasteiger partial charge in [0.15, 0.2) is 5.13 Å². The molecule has 0 saturated heterocycles. The lowest BCUT2D eigenvalue weighted by Crippen LogP contribution is -1.90. The zero-order valence-electron chi connectivity index (χ0n) is 7.30. The van der Waals surface area contributed by atoms with Gasteiger partial charge in [-0.1, -0.05) is 11.3 Å². The van der Waals surface area contributed by atoms with E-state index in [1.54, 1.807) is 0 Å². The average Bonchev–Trinajstić information content (AvgIpc) is 2.49. The number of aromatic nitrogens is 1. The van der Waals surface area contributed by atoms with Gasteiger partial charge >= 0.3 is 0 Å². The monoisotopic (exact) mass is 230 g/mol. The van der Waals surface area contributed by atoms with E-state index < -0.39 is 17.5 Å². The fourth-order valence-corrected chi connectivity index (χ4v) is 1.91. The molecule has 2 nitrogen and oxygen atoms in total. The molecule has 0 fully saturated rings. The van der Waals surface area contributed by atoms with Crippen molar-refractivity contribution < 1.29 is 13.2 Å². The molecule has 0 radical (unpaired) electrons. The summed E-state index contributed by atoms with van der Waals surface area (Å²) in [6.07, 6.45) is 1.25. The molecule has 1 heterocycles. The second-order valence-electron chi connectivity index (χ2n) is 2.81. The third-order valence-corrected chi connectivity index (χ3v) is 2.62. The van der Waals surface area contributed by atoms with Gasteiger partial charge in [-0.2, -0.15) is 0 Å². The SMILES string of the molecule is Nc1ncc(-c2c(F)cc(F)cc2F)s1. The molecule has 78 valence electrons. The van der Waals surface area contributed by atoms with Crippen molar-refractivity contribution in [2.24, 2.45) is 0 Å². The largest absolute Gasteiger partial charge is 0.375 e. The van der Waals surface area contributed by atoms with Crippen molar-refractivity contribution in [3.8, 4) is 10.4 Å². The van der Waals surface area contributed by atoms with Crippen LogP contribution in [0.15, 0.2) is 18.3 Å². The van der Waals surface area contributed by atoms with E-state index in [0.29, 0.717) is 12.1 Å². The normalized spacial score (nSPS) is 10.6. The fraction of sp³-hybridized carbons (Fsp3) is 0. The first-order chi connectivity index (χ1) is 7.08. The van der Waals surface area contributed by atoms with Crippen LogP contribution in [-0.2, 0) is 0 Å². The Hall–Kier alpha value is -1.56. The maximum Gasteiger partial charge on any atom is 0.180 e. The predicted octanol–water partition coefficient (Wildman–Crippen LogP) is 2.81. The summed E-state index contributed by atoms with van der Waals surface area (Å²) in [5, 5.41) is 0.202. The fourth-order valence-electron chi connectivity index (χ4n) is 1.18. The van der Waals surface area contributed by atoms with Crippen LogP contribution in [0.4, 0.5) is 18.3 Å². The van der Waals surface area contributed by atoms with Crippen molar-refractivity contribution in [1.82, 2.24) is 4.98 Å². The molecule has 2 N–H and O–H groups in total. The maximum absolute atomic E-state index is 13.3. The molecule has 0 bridgehead atoms. The molecule has 0 unspecified atom stereocenters. The Morgan fingerprint density at radius 2 is 1.73 bits per heavy atom. The number of rotatable bonds is 1. The Kier molecular flexibility index (Phi) is 2.36. The summed E-state index contributed by atoms with van der Waals surface area (Å²) in [6.45, 7) is 0. The van der Waals surface area contributed by atoms with E-state index in [1.165, 1.54) is 6.20 Å². The van der Waals surface area contributed by atoms with Crippen LogP contribution in [-0.4, -0.2) is 4.98 Å². The first kappa shape index (κ1) is 9.97. The van der Waals surface area contributed by atoms with Gasteiger partial charge in [0, 0.05) is 18.3 Å². The molecule has 0 spiro atoms. The molecule has 1 aromatic carbocycles. The molecule has 2 rings (SSSR count). The number of nitrogens with zero attached hydrogens (tertiary/aromatic N) is 1. The number of hydrogen-bond donors (Lipinski definition) is 1. The standard InChI is InChI=1S/C9H5F3N2S/c10-4-1-5(11)8(6(12)2-4)7-3-14-9(13)15-7/h1-3H,(H2,13,14). The smallest absolute Gasteiger partial charge is 0.180 e. The lowest BCUT2D eigenvalue weighted by molar-refractivity contribution is 0.548. The van der Waals surface area contributed by atoms with Crippen molar-refractivity contribution in [2.75, 3.05) is 5.73 Å². The van der Waals surface area contributed by atoms with Crippen LogP contribution in [0, 0.1) is 17.5 Å². The molecule has 15 heavy (non-hydrogen) atoms. The number of hydrogen-bond acceptors (Lipinski definition) is 3. The number of thiazole rings is 1. The molecule has 0 saturated carbocycles. The van der Waals surface area contributed by atoms with Crippen LogP contribution in [0.1, 0.15) is 0 Å². The highest BCUT2D eigenvalue weighted by molar-refractivity contribution is 7.18. The topological polar surface area (TPSA) is 38.9 Å². The van der Waals surface area contributed by atoms with Crippen molar-refractivity contribution >= 4 is 16.5 Å². The summed E-state index contributed by atoms with van der Waals surface area (Å²) in [6, 6.07) is 1.24. The van der Waals surface area contributed by atoms with Gasteiger partial charge < -0.3 is 5.73 Å². The molecule has 0 aliphatic heterocycles. The Morgan fingerprint density at radius 3 is 2.20 bits per heavy atom. The van der Waals surface area contributed by atoms with Crippen LogP contribution >= 0.6 is 11.3 Å². The number of nitrogen functional groups attached to an aromatic ring is 1. The van der Waals surface area contributed by atoms with E-state index in [1.807, 2.05) is 0 Å². The van der Waals surface area contributed by atoms with E-state index in [-0.39, 0.29) is 15.6 Å². The van der Waals surface area contributed by atoms with Gasteiger partial charge in [-0.3, -0.25) is 0 Å². The van der Waals surface area contributed by atoms with Crippen molar-refractivity contribution in [3.63, 3.8) is 0 Å². The van der Waals surface area contributed by atoms with Crippen molar-refractivity contribution in [3.05, 3.63) is 35.8 Å². The van der Waals surface area contributed by atoms with Crippen molar-refractivity contribution in [2.45, 2.75) is 0 Å². The second kappa shape index (κ2) is 3.54. The van der Waals surface area contributed by atoms with Gasteiger partial charge in [-0.05, 0) is 0 Å². The van der Waals surface area contributed by atoms with E-state index >= 15 is 0 Å². The summed E-state index contributed by atoms with van der Waals surface area (Å²) in [5.74, 6) is -2.88. The maximum atomic E-state index is 13.3. The summed E-state index contributed by atoms with van der Waals surface area (Å²) < 4.78 is 39.1. The Balaban J connectivity index is 2.62. The molecular weight excluding hydrogens is 225 g/mol. The van der Waals surface area contributed by atoms with Gasteiger partial charge in [0.25, 0.3) is 0 Å². The van der Waals surface area contributed by atoms with Crippen LogP contribution in [0.2, 0.25) is 0 Å². The summed E-state index contributed by atoms with van der Waals surface area (Å²) in [7, 11) is 0. The molecule has 0 aliphatic rings. The second-order valence-corrected chi connectivity index (χ2v) is 3.87. The minimum absolute atomic E-state index is 0.202. The van der Waals surface area contributed by atoms with Gasteiger partial charge in [0.05, 0.1) is 10.4 Å². The Morgan fingerprint density at radius 1 is 1.13 bits per heavy atom. The van der Waals surface area contributed by atoms with Crippen LogP contribution in [0.3, 0.4) is 0 Å². The minimum Gasteiger partial charge on any atom is -0.375 e. The Bertz CT molecular complexity index is 487.